The fourth-order valence-electron chi connectivity index (χ4n) is 5.07. The molecule has 27 heavy (non-hydrogen) atoms. The Morgan fingerprint density at radius 1 is 0.704 bits per heavy atom. The number of allylic oxidation sites excluding steroid dienone is 3. The fraction of sp³-hybridized carbons (Fsp3) is 0.846. The smallest absolute Gasteiger partial charge is 0.00113 e. The van der Waals surface area contributed by atoms with Crippen molar-refractivity contribution in [2.75, 3.05) is 13.1 Å². The van der Waals surface area contributed by atoms with E-state index >= 15 is 0 Å². The van der Waals surface area contributed by atoms with Crippen LogP contribution in [0.25, 0.3) is 0 Å². The summed E-state index contributed by atoms with van der Waals surface area (Å²) in [5.41, 5.74) is 7.16. The highest BCUT2D eigenvalue weighted by Crippen LogP contribution is 2.47. The summed E-state index contributed by atoms with van der Waals surface area (Å²) >= 11 is 0. The quantitative estimate of drug-likeness (QED) is 0.285. The van der Waals surface area contributed by atoms with Crippen molar-refractivity contribution in [3.63, 3.8) is 0 Å². The van der Waals surface area contributed by atoms with E-state index in [2.05, 4.69) is 53.8 Å². The molecule has 1 rings (SSSR count). The minimum atomic E-state index is 0.723. The van der Waals surface area contributed by atoms with Crippen LogP contribution in [0.2, 0.25) is 0 Å². The van der Waals surface area contributed by atoms with Gasteiger partial charge < -0.3 is 5.32 Å². The molecule has 0 heterocycles. The Morgan fingerprint density at radius 2 is 1.26 bits per heavy atom. The van der Waals surface area contributed by atoms with E-state index in [0.717, 1.165) is 24.3 Å². The summed E-state index contributed by atoms with van der Waals surface area (Å²) < 4.78 is 0. The van der Waals surface area contributed by atoms with Crippen molar-refractivity contribution in [1.82, 2.24) is 5.32 Å². The Morgan fingerprint density at radius 3 is 1.81 bits per heavy atom. The first-order valence-electron chi connectivity index (χ1n) is 12.2. The van der Waals surface area contributed by atoms with Gasteiger partial charge in [-0.1, -0.05) is 85.3 Å². The fourth-order valence-corrected chi connectivity index (χ4v) is 5.07. The van der Waals surface area contributed by atoms with Crippen LogP contribution in [0.15, 0.2) is 22.3 Å². The third-order valence-corrected chi connectivity index (χ3v) is 6.48. The zero-order chi connectivity index (χ0) is 20.2. The highest BCUT2D eigenvalue weighted by atomic mass is 14.8. The normalized spacial score (nSPS) is 18.3. The predicted octanol–water partition coefficient (Wildman–Crippen LogP) is 8.07. The van der Waals surface area contributed by atoms with Gasteiger partial charge in [0.05, 0.1) is 0 Å². The van der Waals surface area contributed by atoms with Crippen molar-refractivity contribution in [2.45, 2.75) is 113 Å². The molecule has 1 nitrogen and oxygen atoms in total. The zero-order valence-corrected chi connectivity index (χ0v) is 19.7. The van der Waals surface area contributed by atoms with E-state index < -0.39 is 0 Å². The Hall–Kier alpha value is -0.560. The molecule has 0 spiro atoms. The predicted molar refractivity (Wildman–Crippen MR) is 123 cm³/mol. The van der Waals surface area contributed by atoms with Crippen LogP contribution < -0.4 is 5.32 Å². The molecule has 1 heteroatoms. The van der Waals surface area contributed by atoms with Crippen LogP contribution in [0.3, 0.4) is 0 Å². The Bertz CT molecular complexity index is 471. The minimum absolute atomic E-state index is 0.723. The van der Waals surface area contributed by atoms with Gasteiger partial charge in [-0.15, -0.1) is 0 Å². The summed E-state index contributed by atoms with van der Waals surface area (Å²) in [6.45, 7) is 19.1. The van der Waals surface area contributed by atoms with Crippen molar-refractivity contribution < 1.29 is 0 Å². The maximum atomic E-state index is 3.69. The van der Waals surface area contributed by atoms with E-state index in [-0.39, 0.29) is 0 Å². The van der Waals surface area contributed by atoms with Crippen LogP contribution in [0.5, 0.6) is 0 Å². The first-order valence-corrected chi connectivity index (χ1v) is 12.2. The molecule has 0 fully saturated rings. The molecule has 0 aliphatic heterocycles. The van der Waals surface area contributed by atoms with Crippen molar-refractivity contribution in [2.24, 2.45) is 17.8 Å². The largest absolute Gasteiger partial charge is 0.316 e. The van der Waals surface area contributed by atoms with Gasteiger partial charge in [-0.05, 0) is 80.5 Å². The Labute approximate surface area is 171 Å². The van der Waals surface area contributed by atoms with E-state index in [1.165, 1.54) is 70.8 Å². The zero-order valence-electron chi connectivity index (χ0n) is 19.7. The van der Waals surface area contributed by atoms with Crippen LogP contribution in [0, 0.1) is 17.8 Å². The lowest BCUT2D eigenvalue weighted by atomic mass is 9.80. The van der Waals surface area contributed by atoms with Gasteiger partial charge in [0.1, 0.15) is 0 Å². The van der Waals surface area contributed by atoms with Crippen LogP contribution in [-0.4, -0.2) is 13.1 Å². The van der Waals surface area contributed by atoms with Crippen molar-refractivity contribution >= 4 is 0 Å². The summed E-state index contributed by atoms with van der Waals surface area (Å²) in [6, 6.07) is 0. The average Bonchev–Trinajstić information content (AvgIpc) is 3.02. The Kier molecular flexibility index (Phi) is 12.3. The summed E-state index contributed by atoms with van der Waals surface area (Å²) in [6.07, 6.45) is 13.0. The van der Waals surface area contributed by atoms with Gasteiger partial charge in [0.2, 0.25) is 0 Å². The van der Waals surface area contributed by atoms with Crippen LogP contribution in [-0.2, 0) is 0 Å². The molecule has 0 aromatic heterocycles. The van der Waals surface area contributed by atoms with Crippen molar-refractivity contribution in [3.8, 4) is 0 Å². The van der Waals surface area contributed by atoms with Crippen molar-refractivity contribution in [3.05, 3.63) is 22.3 Å². The molecule has 0 radical (unpaired) electrons. The van der Waals surface area contributed by atoms with Gasteiger partial charge in [0.15, 0.2) is 0 Å². The topological polar surface area (TPSA) is 12.0 Å². The van der Waals surface area contributed by atoms with Crippen LogP contribution in [0.4, 0.5) is 0 Å². The molecule has 3 atom stereocenters. The van der Waals surface area contributed by atoms with Crippen LogP contribution in [0.1, 0.15) is 113 Å². The minimum Gasteiger partial charge on any atom is -0.316 e. The molecule has 0 saturated carbocycles. The van der Waals surface area contributed by atoms with Gasteiger partial charge >= 0.3 is 0 Å². The molecule has 1 N–H and O–H groups in total. The van der Waals surface area contributed by atoms with Gasteiger partial charge in [-0.25, -0.2) is 0 Å². The second kappa shape index (κ2) is 13.6. The van der Waals surface area contributed by atoms with Gasteiger partial charge in [-0.3, -0.25) is 0 Å². The molecule has 0 bridgehead atoms. The molecule has 0 saturated heterocycles. The summed E-state index contributed by atoms with van der Waals surface area (Å²) in [5.74, 6) is 2.20. The van der Waals surface area contributed by atoms with Crippen molar-refractivity contribution in [1.29, 1.82) is 0 Å². The maximum Gasteiger partial charge on any atom is -0.00113 e. The molecule has 0 amide bonds. The summed E-state index contributed by atoms with van der Waals surface area (Å²) in [4.78, 5) is 0. The van der Waals surface area contributed by atoms with E-state index in [4.69, 9.17) is 0 Å². The first-order chi connectivity index (χ1) is 13.0. The van der Waals surface area contributed by atoms with E-state index in [0.29, 0.717) is 0 Å². The van der Waals surface area contributed by atoms with E-state index in [9.17, 15) is 0 Å². The highest BCUT2D eigenvalue weighted by molar-refractivity contribution is 5.50. The lowest BCUT2D eigenvalue weighted by Gasteiger charge is -2.25. The van der Waals surface area contributed by atoms with E-state index in [1.807, 2.05) is 0 Å². The summed E-state index contributed by atoms with van der Waals surface area (Å²) in [7, 11) is 0. The highest BCUT2D eigenvalue weighted by Gasteiger charge is 2.31. The third-order valence-electron chi connectivity index (χ3n) is 6.48. The second-order valence-corrected chi connectivity index (χ2v) is 9.06. The molecular weight excluding hydrogens is 326 g/mol. The molecule has 3 unspecified atom stereocenters. The molecule has 0 aromatic rings. The first kappa shape index (κ1) is 24.5. The number of unbranched alkanes of at least 4 members (excludes halogenated alkanes) is 1. The standard InChI is InChI=1S/C26H49N/c1-8-12-17-27-18-16-23-19-24(20(5)13-9-2)26(22(7)15-11-4)25(23)21(6)14-10-3/h20-22,27H,8-19H2,1-7H3. The second-order valence-electron chi connectivity index (χ2n) is 9.06. The molecule has 0 aromatic carbocycles. The maximum absolute atomic E-state index is 3.69. The van der Waals surface area contributed by atoms with Gasteiger partial charge in [-0.2, -0.15) is 0 Å². The van der Waals surface area contributed by atoms with Gasteiger partial charge in [0.25, 0.3) is 0 Å². The monoisotopic (exact) mass is 375 g/mol. The number of hydrogen-bond acceptors (Lipinski definition) is 1. The number of nitrogens with one attached hydrogen (secondary N) is 1. The Balaban J connectivity index is 3.11. The average molecular weight is 376 g/mol. The SMILES string of the molecule is CCCCNCCC1=C(C(C)CCC)C(C(C)CCC)=C(C(C)CCC)C1. The molecular formula is C26H49N. The van der Waals surface area contributed by atoms with E-state index in [1.54, 1.807) is 22.3 Å². The molecule has 1 aliphatic carbocycles. The number of rotatable bonds is 15. The van der Waals surface area contributed by atoms with Crippen LogP contribution >= 0.6 is 0 Å². The number of hydrogen-bond donors (Lipinski definition) is 1. The lowest BCUT2D eigenvalue weighted by molar-refractivity contribution is 0.535. The lowest BCUT2D eigenvalue weighted by Crippen LogP contribution is -2.17. The third kappa shape index (κ3) is 7.41. The molecule has 1 aliphatic rings. The van der Waals surface area contributed by atoms with Gasteiger partial charge in [0, 0.05) is 0 Å². The summed E-state index contributed by atoms with van der Waals surface area (Å²) in [5, 5.41) is 3.69. The molecule has 158 valence electrons.